The first-order valence-electron chi connectivity index (χ1n) is 7.81. The van der Waals surface area contributed by atoms with Gasteiger partial charge in [-0.3, -0.25) is 4.90 Å². The van der Waals surface area contributed by atoms with E-state index in [1.165, 1.54) is 23.1 Å². The molecule has 1 aliphatic heterocycles. The average Bonchev–Trinajstić information content (AvgIpc) is 2.95. The fourth-order valence-electron chi connectivity index (χ4n) is 4.39. The Kier molecular flexibility index (Phi) is 3.51. The van der Waals surface area contributed by atoms with E-state index in [2.05, 4.69) is 25.7 Å². The van der Waals surface area contributed by atoms with Crippen molar-refractivity contribution in [3.05, 3.63) is 28.8 Å². The smallest absolute Gasteiger partial charge is 0.120 e. The number of hydrogen-bond donors (Lipinski definition) is 2. The predicted molar refractivity (Wildman–Crippen MR) is 81.9 cm³/mol. The van der Waals surface area contributed by atoms with Crippen LogP contribution in [0.15, 0.2) is 12.1 Å². The zero-order valence-corrected chi connectivity index (χ0v) is 12.8. The van der Waals surface area contributed by atoms with E-state index in [9.17, 15) is 5.11 Å². The summed E-state index contributed by atoms with van der Waals surface area (Å²) >= 11 is 0. The summed E-state index contributed by atoms with van der Waals surface area (Å²) in [6.07, 6.45) is 2.30. The zero-order valence-electron chi connectivity index (χ0n) is 12.8. The molecule has 0 aromatic heterocycles. The molecule has 4 atom stereocenters. The van der Waals surface area contributed by atoms with Gasteiger partial charge in [-0.15, -0.1) is 0 Å². The first-order chi connectivity index (χ1) is 9.52. The van der Waals surface area contributed by atoms with E-state index in [1.807, 2.05) is 12.1 Å². The van der Waals surface area contributed by atoms with Crippen LogP contribution in [0.25, 0.3) is 0 Å². The van der Waals surface area contributed by atoms with Gasteiger partial charge in [-0.25, -0.2) is 0 Å². The lowest BCUT2D eigenvalue weighted by Gasteiger charge is -2.29. The van der Waals surface area contributed by atoms with Gasteiger partial charge in [0.2, 0.25) is 0 Å². The Hall–Kier alpha value is -1.06. The van der Waals surface area contributed by atoms with E-state index in [4.69, 9.17) is 5.73 Å². The molecule has 0 saturated carbocycles. The molecule has 1 aromatic rings. The van der Waals surface area contributed by atoms with Crippen molar-refractivity contribution in [2.45, 2.75) is 51.6 Å². The van der Waals surface area contributed by atoms with Crippen molar-refractivity contribution in [2.24, 2.45) is 11.7 Å². The first kappa shape index (κ1) is 13.9. The molecule has 3 rings (SSSR count). The molecule has 3 N–H and O–H groups in total. The molecule has 0 bridgehead atoms. The molecule has 2 aliphatic rings. The Labute approximate surface area is 121 Å². The molecule has 4 unspecified atom stereocenters. The first-order valence-corrected chi connectivity index (χ1v) is 7.81. The van der Waals surface area contributed by atoms with E-state index in [0.29, 0.717) is 29.7 Å². The van der Waals surface area contributed by atoms with Crippen molar-refractivity contribution >= 4 is 0 Å². The van der Waals surface area contributed by atoms with Crippen LogP contribution >= 0.6 is 0 Å². The van der Waals surface area contributed by atoms with Crippen LogP contribution in [0.1, 0.15) is 55.3 Å². The minimum atomic E-state index is 0.367. The Morgan fingerprint density at radius 2 is 2.00 bits per heavy atom. The van der Waals surface area contributed by atoms with Gasteiger partial charge in [0.05, 0.1) is 0 Å². The average molecular weight is 274 g/mol. The molecular formula is C17H26N2O. The van der Waals surface area contributed by atoms with E-state index < -0.39 is 0 Å². The molecule has 3 nitrogen and oxygen atoms in total. The van der Waals surface area contributed by atoms with Crippen LogP contribution in [-0.4, -0.2) is 29.1 Å². The number of likely N-dealkylation sites (tertiary alicyclic amines) is 1. The Balaban J connectivity index is 1.97. The summed E-state index contributed by atoms with van der Waals surface area (Å²) in [6, 6.07) is 4.84. The molecule has 20 heavy (non-hydrogen) atoms. The molecule has 0 spiro atoms. The highest BCUT2D eigenvalue weighted by Crippen LogP contribution is 2.50. The number of phenols is 1. The molecule has 110 valence electrons. The Bertz CT molecular complexity index is 514. The van der Waals surface area contributed by atoms with Crippen molar-refractivity contribution in [2.75, 3.05) is 13.1 Å². The predicted octanol–water partition coefficient (Wildman–Crippen LogP) is 2.92. The number of aromatic hydroxyl groups is 1. The Morgan fingerprint density at radius 1 is 1.25 bits per heavy atom. The van der Waals surface area contributed by atoms with E-state index >= 15 is 0 Å². The summed E-state index contributed by atoms with van der Waals surface area (Å²) in [5, 5.41) is 10.4. The quantitative estimate of drug-likeness (QED) is 0.872. The maximum Gasteiger partial charge on any atom is 0.120 e. The number of fused-ring (bicyclic) bond motifs is 1. The third-order valence-electron chi connectivity index (χ3n) is 5.33. The number of nitrogens with two attached hydrogens (primary N) is 1. The SMILES string of the molecule is Cc1ccc(O)c2c1C(C)CC2N1CC(CN)CC1C. The van der Waals surface area contributed by atoms with E-state index in [-0.39, 0.29) is 0 Å². The maximum absolute atomic E-state index is 10.4. The maximum atomic E-state index is 10.4. The molecule has 3 heteroatoms. The summed E-state index contributed by atoms with van der Waals surface area (Å²) in [7, 11) is 0. The number of hydrogen-bond acceptors (Lipinski definition) is 3. The van der Waals surface area contributed by atoms with Crippen LogP contribution in [0.5, 0.6) is 5.75 Å². The van der Waals surface area contributed by atoms with E-state index in [0.717, 1.165) is 19.5 Å². The second-order valence-corrected chi connectivity index (χ2v) is 6.76. The molecule has 0 amide bonds. The third-order valence-corrected chi connectivity index (χ3v) is 5.33. The number of aryl methyl sites for hydroxylation is 1. The number of phenolic OH excluding ortho intramolecular Hbond substituents is 1. The molecule has 1 heterocycles. The van der Waals surface area contributed by atoms with Gasteiger partial charge in [0, 0.05) is 24.2 Å². The van der Waals surface area contributed by atoms with Crippen molar-refractivity contribution in [1.29, 1.82) is 0 Å². The third kappa shape index (κ3) is 2.04. The number of benzene rings is 1. The van der Waals surface area contributed by atoms with Gasteiger partial charge < -0.3 is 10.8 Å². The molecular weight excluding hydrogens is 248 g/mol. The van der Waals surface area contributed by atoms with Crippen LogP contribution in [0.3, 0.4) is 0 Å². The van der Waals surface area contributed by atoms with Crippen LogP contribution in [0.4, 0.5) is 0 Å². The standard InChI is InChI=1S/C17H26N2O/c1-10-4-5-15(20)17-14(6-11(2)16(10)17)19-9-13(8-18)7-12(19)3/h4-5,11-14,20H,6-9,18H2,1-3H3. The minimum Gasteiger partial charge on any atom is -0.508 e. The highest BCUT2D eigenvalue weighted by Gasteiger charge is 2.40. The molecule has 1 aromatic carbocycles. The second kappa shape index (κ2) is 5.05. The molecule has 1 saturated heterocycles. The van der Waals surface area contributed by atoms with Crippen molar-refractivity contribution in [3.63, 3.8) is 0 Å². The van der Waals surface area contributed by atoms with Gasteiger partial charge >= 0.3 is 0 Å². The lowest BCUT2D eigenvalue weighted by Crippen LogP contribution is -2.31. The molecule has 0 radical (unpaired) electrons. The van der Waals surface area contributed by atoms with Crippen LogP contribution in [0, 0.1) is 12.8 Å². The summed E-state index contributed by atoms with van der Waals surface area (Å²) < 4.78 is 0. The van der Waals surface area contributed by atoms with Gasteiger partial charge in [-0.2, -0.15) is 0 Å². The summed E-state index contributed by atoms with van der Waals surface area (Å²) in [5.41, 5.74) is 9.73. The monoisotopic (exact) mass is 274 g/mol. The summed E-state index contributed by atoms with van der Waals surface area (Å²) in [5.74, 6) is 1.62. The fourth-order valence-corrected chi connectivity index (χ4v) is 4.39. The summed E-state index contributed by atoms with van der Waals surface area (Å²) in [4.78, 5) is 2.57. The lowest BCUT2D eigenvalue weighted by atomic mass is 9.97. The van der Waals surface area contributed by atoms with Gasteiger partial charge in [0.1, 0.15) is 5.75 Å². The van der Waals surface area contributed by atoms with Crippen LogP contribution in [-0.2, 0) is 0 Å². The topological polar surface area (TPSA) is 49.5 Å². The number of nitrogens with zero attached hydrogens (tertiary/aromatic N) is 1. The van der Waals surface area contributed by atoms with Gasteiger partial charge in [0.25, 0.3) is 0 Å². The highest BCUT2D eigenvalue weighted by molar-refractivity contribution is 5.51. The van der Waals surface area contributed by atoms with Crippen LogP contribution in [0.2, 0.25) is 0 Å². The number of rotatable bonds is 2. The molecule has 1 aliphatic carbocycles. The second-order valence-electron chi connectivity index (χ2n) is 6.76. The van der Waals surface area contributed by atoms with Gasteiger partial charge in [-0.05, 0) is 62.3 Å². The molecule has 1 fully saturated rings. The van der Waals surface area contributed by atoms with Crippen molar-refractivity contribution in [3.8, 4) is 5.75 Å². The highest BCUT2D eigenvalue weighted by atomic mass is 16.3. The largest absolute Gasteiger partial charge is 0.508 e. The lowest BCUT2D eigenvalue weighted by molar-refractivity contribution is 0.180. The minimum absolute atomic E-state index is 0.367. The van der Waals surface area contributed by atoms with Crippen molar-refractivity contribution in [1.82, 2.24) is 4.90 Å². The summed E-state index contributed by atoms with van der Waals surface area (Å²) in [6.45, 7) is 8.59. The van der Waals surface area contributed by atoms with Gasteiger partial charge in [0.15, 0.2) is 0 Å². The normalized spacial score (nSPS) is 33.6. The fraction of sp³-hybridized carbons (Fsp3) is 0.647. The zero-order chi connectivity index (χ0) is 14.4. The van der Waals surface area contributed by atoms with Crippen LogP contribution < -0.4 is 5.73 Å². The van der Waals surface area contributed by atoms with Crippen molar-refractivity contribution < 1.29 is 5.11 Å². The Morgan fingerprint density at radius 3 is 2.65 bits per heavy atom. The van der Waals surface area contributed by atoms with E-state index in [1.54, 1.807) is 0 Å². The van der Waals surface area contributed by atoms with Gasteiger partial charge in [-0.1, -0.05) is 13.0 Å².